The van der Waals surface area contributed by atoms with Gasteiger partial charge < -0.3 is 20.0 Å². The Morgan fingerprint density at radius 3 is 2.00 bits per heavy atom. The van der Waals surface area contributed by atoms with Crippen molar-refractivity contribution in [2.45, 2.75) is 0 Å². The van der Waals surface area contributed by atoms with Crippen LogP contribution in [0.3, 0.4) is 0 Å². The predicted molar refractivity (Wildman–Crippen MR) is 96.5 cm³/mol. The Bertz CT molecular complexity index is 929. The van der Waals surface area contributed by atoms with Crippen LogP contribution in [0.25, 0.3) is 0 Å². The highest BCUT2D eigenvalue weighted by Gasteiger charge is 2.26. The number of aromatic carboxylic acids is 1. The zero-order chi connectivity index (χ0) is 19.6. The Kier molecular flexibility index (Phi) is 6.36. The largest absolute Gasteiger partial charge is 0.545 e. The first-order valence-electron chi connectivity index (χ1n) is 6.76. The fraction of sp³-hybridized carbons (Fsp3) is 0.0625. The van der Waals surface area contributed by atoms with Crippen molar-refractivity contribution in [1.82, 2.24) is 0 Å². The minimum absolute atomic E-state index is 0.0422. The van der Waals surface area contributed by atoms with E-state index < -0.39 is 39.0 Å². The molecule has 0 radical (unpaired) electrons. The third-order valence-electron chi connectivity index (χ3n) is 3.28. The summed E-state index contributed by atoms with van der Waals surface area (Å²) in [4.78, 5) is 35.9. The number of carboxylic acid groups (broad SMARTS) is 1. The number of methoxy groups -OCH3 is 1. The lowest BCUT2D eigenvalue weighted by Crippen LogP contribution is -2.28. The number of anilines is 1. The number of esters is 1. The van der Waals surface area contributed by atoms with Gasteiger partial charge in [-0.2, -0.15) is 0 Å². The van der Waals surface area contributed by atoms with Crippen LogP contribution in [0.4, 0.5) is 5.69 Å². The van der Waals surface area contributed by atoms with Crippen molar-refractivity contribution in [3.05, 3.63) is 61.0 Å². The highest BCUT2D eigenvalue weighted by atomic mass is 35.5. The molecule has 0 fully saturated rings. The normalized spacial score (nSPS) is 10.3. The van der Waals surface area contributed by atoms with E-state index in [0.717, 1.165) is 0 Å². The van der Waals surface area contributed by atoms with Gasteiger partial charge in [-0.1, -0.05) is 58.5 Å². The van der Waals surface area contributed by atoms with E-state index in [0.29, 0.717) is 0 Å². The number of hydrogen-bond acceptors (Lipinski definition) is 5. The molecular weight excluding hydrogens is 428 g/mol. The van der Waals surface area contributed by atoms with Crippen molar-refractivity contribution >= 4 is 69.9 Å². The molecule has 2 aromatic rings. The van der Waals surface area contributed by atoms with Gasteiger partial charge in [0.15, 0.2) is 0 Å². The Morgan fingerprint density at radius 2 is 1.46 bits per heavy atom. The number of carbonyl (C=O) groups excluding carboxylic acids is 3. The predicted octanol–water partition coefficient (Wildman–Crippen LogP) is 3.70. The average molecular weight is 436 g/mol. The Balaban J connectivity index is 2.59. The van der Waals surface area contributed by atoms with Crippen LogP contribution < -0.4 is 10.4 Å². The first-order valence-corrected chi connectivity index (χ1v) is 8.27. The Hall–Kier alpha value is -1.99. The van der Waals surface area contributed by atoms with Crippen LogP contribution in [0, 0.1) is 0 Å². The average Bonchev–Trinajstić information content (AvgIpc) is 2.62. The highest BCUT2D eigenvalue weighted by molar-refractivity contribution is 6.54. The molecule has 0 unspecified atom stereocenters. The molecule has 6 nitrogen and oxygen atoms in total. The van der Waals surface area contributed by atoms with E-state index in [1.54, 1.807) is 12.1 Å². The number of nitrogens with one attached hydrogen (secondary N) is 1. The molecule has 1 amide bonds. The quantitative estimate of drug-likeness (QED) is 0.448. The topological polar surface area (TPSA) is 95.5 Å². The fourth-order valence-electron chi connectivity index (χ4n) is 2.10. The molecule has 0 saturated carbocycles. The summed E-state index contributed by atoms with van der Waals surface area (Å²) in [5.74, 6) is -3.47. The van der Waals surface area contributed by atoms with Crippen LogP contribution in [0.15, 0.2) is 24.3 Å². The summed E-state index contributed by atoms with van der Waals surface area (Å²) in [6.45, 7) is 0. The van der Waals surface area contributed by atoms with Gasteiger partial charge in [-0.3, -0.25) is 4.79 Å². The van der Waals surface area contributed by atoms with Gasteiger partial charge >= 0.3 is 5.97 Å². The summed E-state index contributed by atoms with van der Waals surface area (Å²) in [6, 6.07) is 5.92. The number of carboxylic acids is 1. The lowest BCUT2D eigenvalue weighted by molar-refractivity contribution is -0.255. The minimum Gasteiger partial charge on any atom is -0.545 e. The number of benzene rings is 2. The maximum atomic E-state index is 12.6. The lowest BCUT2D eigenvalue weighted by Gasteiger charge is -2.17. The first kappa shape index (κ1) is 20.3. The number of para-hydroxylation sites is 1. The van der Waals surface area contributed by atoms with Crippen LogP contribution in [0.5, 0.6) is 0 Å². The lowest BCUT2D eigenvalue weighted by atomic mass is 10.1. The second-order valence-corrected chi connectivity index (χ2v) is 6.30. The maximum absolute atomic E-state index is 12.6. The zero-order valence-electron chi connectivity index (χ0n) is 12.9. The Labute approximate surface area is 167 Å². The van der Waals surface area contributed by atoms with Gasteiger partial charge in [0.25, 0.3) is 5.91 Å². The van der Waals surface area contributed by atoms with E-state index in [1.807, 2.05) is 0 Å². The van der Waals surface area contributed by atoms with Gasteiger partial charge in [0.1, 0.15) is 0 Å². The third kappa shape index (κ3) is 3.73. The molecule has 0 aliphatic carbocycles. The third-order valence-corrected chi connectivity index (χ3v) is 5.08. The molecule has 0 aliphatic rings. The Morgan fingerprint density at radius 1 is 0.923 bits per heavy atom. The van der Waals surface area contributed by atoms with Gasteiger partial charge in [0, 0.05) is 5.56 Å². The number of ether oxygens (including phenoxy) is 1. The molecule has 0 atom stereocenters. The summed E-state index contributed by atoms with van der Waals surface area (Å²) in [5.41, 5.74) is -1.17. The van der Waals surface area contributed by atoms with Crippen molar-refractivity contribution < 1.29 is 24.2 Å². The summed E-state index contributed by atoms with van der Waals surface area (Å²) < 4.78 is 4.62. The SMILES string of the molecule is COC(=O)c1ccccc1NC(=O)c1c(Cl)c(Cl)c(Cl)c(Cl)c1C(=O)[O-]. The number of rotatable bonds is 4. The molecule has 2 aromatic carbocycles. The van der Waals surface area contributed by atoms with Crippen LogP contribution >= 0.6 is 46.4 Å². The van der Waals surface area contributed by atoms with Crippen molar-refractivity contribution in [3.63, 3.8) is 0 Å². The monoisotopic (exact) mass is 434 g/mol. The van der Waals surface area contributed by atoms with Gasteiger partial charge in [-0.05, 0) is 12.1 Å². The number of halogens is 4. The number of carbonyl (C=O) groups is 3. The molecular formula is C16H8Cl4NO5-. The molecule has 10 heteroatoms. The van der Waals surface area contributed by atoms with Crippen molar-refractivity contribution in [2.24, 2.45) is 0 Å². The summed E-state index contributed by atoms with van der Waals surface area (Å²) in [5, 5.41) is 12.3. The van der Waals surface area contributed by atoms with Crippen LogP contribution in [-0.4, -0.2) is 25.0 Å². The zero-order valence-corrected chi connectivity index (χ0v) is 15.9. The first-order chi connectivity index (χ1) is 12.2. The molecule has 1 N–H and O–H groups in total. The minimum atomic E-state index is -1.78. The molecule has 0 aromatic heterocycles. The second-order valence-electron chi connectivity index (χ2n) is 4.78. The smallest absolute Gasteiger partial charge is 0.339 e. The maximum Gasteiger partial charge on any atom is 0.339 e. The molecule has 0 spiro atoms. The van der Waals surface area contributed by atoms with Crippen LogP contribution in [-0.2, 0) is 4.74 Å². The van der Waals surface area contributed by atoms with E-state index in [2.05, 4.69) is 10.1 Å². The van der Waals surface area contributed by atoms with Crippen LogP contribution in [0.1, 0.15) is 31.1 Å². The van der Waals surface area contributed by atoms with Crippen molar-refractivity contribution in [3.8, 4) is 0 Å². The van der Waals surface area contributed by atoms with E-state index in [9.17, 15) is 19.5 Å². The second kappa shape index (κ2) is 8.14. The van der Waals surface area contributed by atoms with Gasteiger partial charge in [-0.25, -0.2) is 4.79 Å². The molecule has 0 saturated heterocycles. The van der Waals surface area contributed by atoms with Gasteiger partial charge in [0.2, 0.25) is 0 Å². The number of hydrogen-bond donors (Lipinski definition) is 1. The summed E-state index contributed by atoms with van der Waals surface area (Å²) in [6.07, 6.45) is 0. The number of amides is 1. The molecule has 136 valence electrons. The molecule has 0 heterocycles. The highest BCUT2D eigenvalue weighted by Crippen LogP contribution is 2.41. The molecule has 0 aliphatic heterocycles. The van der Waals surface area contributed by atoms with E-state index in [-0.39, 0.29) is 21.3 Å². The summed E-state index contributed by atoms with van der Waals surface area (Å²) in [7, 11) is 1.17. The fourth-order valence-corrected chi connectivity index (χ4v) is 3.12. The molecule has 2 rings (SSSR count). The van der Waals surface area contributed by atoms with Crippen molar-refractivity contribution in [2.75, 3.05) is 12.4 Å². The van der Waals surface area contributed by atoms with E-state index in [4.69, 9.17) is 46.4 Å². The van der Waals surface area contributed by atoms with Crippen LogP contribution in [0.2, 0.25) is 20.1 Å². The van der Waals surface area contributed by atoms with Gasteiger partial charge in [-0.15, -0.1) is 0 Å². The standard InChI is InChI=1S/C16H9Cl4NO5/c1-26-16(25)6-4-2-3-5-7(6)21-14(22)8-9(15(23)24)11(18)13(20)12(19)10(8)17/h2-5H,1H3,(H,21,22)(H,23,24)/p-1. The molecule has 26 heavy (non-hydrogen) atoms. The van der Waals surface area contributed by atoms with E-state index >= 15 is 0 Å². The van der Waals surface area contributed by atoms with Crippen molar-refractivity contribution in [1.29, 1.82) is 0 Å². The van der Waals surface area contributed by atoms with Gasteiger partial charge in [0.05, 0.1) is 50.0 Å². The molecule has 0 bridgehead atoms. The van der Waals surface area contributed by atoms with E-state index in [1.165, 1.54) is 19.2 Å². The summed E-state index contributed by atoms with van der Waals surface area (Å²) >= 11 is 23.6.